The van der Waals surface area contributed by atoms with Gasteiger partial charge in [-0.1, -0.05) is 48.5 Å². The number of para-hydroxylation sites is 1. The van der Waals surface area contributed by atoms with E-state index in [-0.39, 0.29) is 12.5 Å². The fourth-order valence-corrected chi connectivity index (χ4v) is 2.54. The number of carbonyl (C=O) groups is 1. The van der Waals surface area contributed by atoms with E-state index >= 15 is 0 Å². The zero-order valence-corrected chi connectivity index (χ0v) is 14.5. The first kappa shape index (κ1) is 16.6. The van der Waals surface area contributed by atoms with Gasteiger partial charge in [0.25, 0.3) is 5.91 Å². The number of tetrazole rings is 1. The maximum Gasteiger partial charge on any atom is 0.263 e. The number of rotatable bonds is 5. The van der Waals surface area contributed by atoms with E-state index in [1.165, 1.54) is 4.80 Å². The summed E-state index contributed by atoms with van der Waals surface area (Å²) >= 11 is 0. The Labute approximate surface area is 154 Å². The fraction of sp³-hybridized carbons (Fsp3) is 0.105. The van der Waals surface area contributed by atoms with Crippen molar-refractivity contribution in [1.82, 2.24) is 25.6 Å². The highest BCUT2D eigenvalue weighted by Crippen LogP contribution is 2.19. The number of nitrogens with zero attached hydrogens (tertiary/aromatic N) is 5. The van der Waals surface area contributed by atoms with E-state index in [4.69, 9.17) is 4.42 Å². The van der Waals surface area contributed by atoms with Crippen LogP contribution in [0.25, 0.3) is 22.4 Å². The Morgan fingerprint density at radius 1 is 1.15 bits per heavy atom. The predicted octanol–water partition coefficient (Wildman–Crippen LogP) is 2.63. The Hall–Kier alpha value is -3.81. The summed E-state index contributed by atoms with van der Waals surface area (Å²) < 4.78 is 5.71. The fourth-order valence-electron chi connectivity index (χ4n) is 2.54. The summed E-state index contributed by atoms with van der Waals surface area (Å²) in [4.78, 5) is 13.3. The molecule has 0 bridgehead atoms. The summed E-state index contributed by atoms with van der Waals surface area (Å²) in [6.07, 6.45) is 0. The number of amides is 1. The largest absolute Gasteiger partial charge is 0.455 e. The van der Waals surface area contributed by atoms with Crippen LogP contribution in [0, 0.1) is 0 Å². The summed E-state index contributed by atoms with van der Waals surface area (Å²) in [5, 5.41) is 17.1. The Morgan fingerprint density at radius 2 is 1.93 bits per heavy atom. The summed E-state index contributed by atoms with van der Waals surface area (Å²) in [5.41, 5.74) is 4.66. The molecule has 0 aliphatic carbocycles. The maximum absolute atomic E-state index is 12.1. The van der Waals surface area contributed by atoms with Crippen LogP contribution >= 0.6 is 0 Å². The van der Waals surface area contributed by atoms with Crippen LogP contribution in [-0.4, -0.2) is 31.8 Å². The zero-order valence-electron chi connectivity index (χ0n) is 14.5. The molecule has 0 atom stereocenters. The van der Waals surface area contributed by atoms with Crippen LogP contribution < -0.4 is 5.43 Å². The van der Waals surface area contributed by atoms with Crippen LogP contribution in [-0.2, 0) is 11.3 Å². The molecule has 0 aliphatic rings. The molecule has 0 saturated carbocycles. The molecule has 0 radical (unpaired) electrons. The van der Waals surface area contributed by atoms with Crippen LogP contribution in [0.3, 0.4) is 0 Å². The zero-order chi connectivity index (χ0) is 18.6. The lowest BCUT2D eigenvalue weighted by Crippen LogP contribution is -2.25. The quantitative estimate of drug-likeness (QED) is 0.436. The van der Waals surface area contributed by atoms with E-state index in [9.17, 15) is 4.79 Å². The second-order valence-corrected chi connectivity index (χ2v) is 5.89. The molecule has 134 valence electrons. The predicted molar refractivity (Wildman–Crippen MR) is 99.8 cm³/mol. The molecule has 8 nitrogen and oxygen atoms in total. The van der Waals surface area contributed by atoms with Crippen molar-refractivity contribution in [2.45, 2.75) is 13.5 Å². The van der Waals surface area contributed by atoms with E-state index in [2.05, 4.69) is 25.9 Å². The monoisotopic (exact) mass is 360 g/mol. The van der Waals surface area contributed by atoms with Crippen LogP contribution in [0.5, 0.6) is 0 Å². The summed E-state index contributed by atoms with van der Waals surface area (Å²) in [5.74, 6) is 0.703. The number of furan rings is 1. The van der Waals surface area contributed by atoms with Gasteiger partial charge in [-0.05, 0) is 24.3 Å². The van der Waals surface area contributed by atoms with E-state index in [1.807, 2.05) is 60.7 Å². The Bertz CT molecular complexity index is 1080. The Balaban J connectivity index is 1.40. The van der Waals surface area contributed by atoms with Gasteiger partial charge in [-0.3, -0.25) is 4.79 Å². The lowest BCUT2D eigenvalue weighted by Gasteiger charge is -2.00. The third-order valence-corrected chi connectivity index (χ3v) is 3.90. The molecule has 0 aliphatic heterocycles. The molecule has 4 aromatic rings. The normalized spacial score (nSPS) is 11.7. The molecule has 0 saturated heterocycles. The molecule has 0 unspecified atom stereocenters. The van der Waals surface area contributed by atoms with Gasteiger partial charge in [0.15, 0.2) is 5.76 Å². The third kappa shape index (κ3) is 3.74. The molecule has 0 spiro atoms. The highest BCUT2D eigenvalue weighted by atomic mass is 16.3. The molecule has 8 heteroatoms. The molecule has 1 amide bonds. The number of hydrazone groups is 1. The molecular weight excluding hydrogens is 344 g/mol. The topological polar surface area (TPSA) is 98.2 Å². The van der Waals surface area contributed by atoms with Gasteiger partial charge in [0, 0.05) is 10.9 Å². The number of hydrogen-bond acceptors (Lipinski definition) is 6. The molecule has 1 N–H and O–H groups in total. The number of hydrogen-bond donors (Lipinski definition) is 1. The first-order valence-corrected chi connectivity index (χ1v) is 8.34. The van der Waals surface area contributed by atoms with Gasteiger partial charge in [0.05, 0.1) is 0 Å². The minimum Gasteiger partial charge on any atom is -0.455 e. The number of aromatic nitrogens is 4. The van der Waals surface area contributed by atoms with Gasteiger partial charge in [-0.25, -0.2) is 5.43 Å². The van der Waals surface area contributed by atoms with E-state index in [1.54, 1.807) is 6.92 Å². The van der Waals surface area contributed by atoms with E-state index in [0.29, 0.717) is 17.3 Å². The van der Waals surface area contributed by atoms with Gasteiger partial charge in [-0.2, -0.15) is 9.90 Å². The third-order valence-electron chi connectivity index (χ3n) is 3.90. The van der Waals surface area contributed by atoms with Crippen molar-refractivity contribution in [3.8, 4) is 11.4 Å². The van der Waals surface area contributed by atoms with Crippen molar-refractivity contribution in [2.24, 2.45) is 5.10 Å². The molecule has 2 aromatic heterocycles. The average Bonchev–Trinajstić information content (AvgIpc) is 3.33. The van der Waals surface area contributed by atoms with Gasteiger partial charge in [0.2, 0.25) is 5.82 Å². The first-order chi connectivity index (χ1) is 13.2. The molecule has 4 rings (SSSR count). The van der Waals surface area contributed by atoms with Gasteiger partial charge in [0.1, 0.15) is 17.8 Å². The second-order valence-electron chi connectivity index (χ2n) is 5.89. The summed E-state index contributed by atoms with van der Waals surface area (Å²) in [6, 6.07) is 19.0. The molecular formula is C19H16N6O2. The van der Waals surface area contributed by atoms with Gasteiger partial charge >= 0.3 is 0 Å². The standard InChI is InChI=1S/C19H16N6O2/c1-13(17-11-15-9-5-6-10-16(15)27-17)20-21-18(26)12-25-23-19(22-24-25)14-7-3-2-4-8-14/h2-11H,12H2,1H3,(H,21,26)/b20-13-. The Kier molecular flexibility index (Phi) is 4.44. The van der Waals surface area contributed by atoms with E-state index in [0.717, 1.165) is 16.5 Å². The molecule has 2 heterocycles. The van der Waals surface area contributed by atoms with Crippen molar-refractivity contribution in [3.63, 3.8) is 0 Å². The molecule has 0 fully saturated rings. The summed E-state index contributed by atoms with van der Waals surface area (Å²) in [7, 11) is 0. The minimum absolute atomic E-state index is 0.0866. The number of fused-ring (bicyclic) bond motifs is 1. The average molecular weight is 360 g/mol. The molecule has 27 heavy (non-hydrogen) atoms. The molecule has 2 aromatic carbocycles. The van der Waals surface area contributed by atoms with Gasteiger partial charge < -0.3 is 4.42 Å². The van der Waals surface area contributed by atoms with Crippen LogP contribution in [0.15, 0.2) is 70.2 Å². The highest BCUT2D eigenvalue weighted by molar-refractivity contribution is 6.00. The van der Waals surface area contributed by atoms with Crippen molar-refractivity contribution in [2.75, 3.05) is 0 Å². The maximum atomic E-state index is 12.1. The number of nitrogens with one attached hydrogen (secondary N) is 1. The minimum atomic E-state index is -0.359. The van der Waals surface area contributed by atoms with Gasteiger partial charge in [-0.15, -0.1) is 10.2 Å². The van der Waals surface area contributed by atoms with Crippen LogP contribution in [0.4, 0.5) is 0 Å². The van der Waals surface area contributed by atoms with Crippen LogP contribution in [0.2, 0.25) is 0 Å². The van der Waals surface area contributed by atoms with E-state index < -0.39 is 0 Å². The first-order valence-electron chi connectivity index (χ1n) is 8.34. The number of benzene rings is 2. The smallest absolute Gasteiger partial charge is 0.263 e. The second kappa shape index (κ2) is 7.20. The van der Waals surface area contributed by atoms with Crippen LogP contribution in [0.1, 0.15) is 12.7 Å². The van der Waals surface area contributed by atoms with Crippen molar-refractivity contribution in [1.29, 1.82) is 0 Å². The van der Waals surface area contributed by atoms with Crippen molar-refractivity contribution >= 4 is 22.6 Å². The summed E-state index contributed by atoms with van der Waals surface area (Å²) in [6.45, 7) is 1.68. The highest BCUT2D eigenvalue weighted by Gasteiger charge is 2.10. The van der Waals surface area contributed by atoms with Crippen molar-refractivity contribution < 1.29 is 9.21 Å². The Morgan fingerprint density at radius 3 is 2.74 bits per heavy atom. The lowest BCUT2D eigenvalue weighted by molar-refractivity contribution is -0.122. The SMILES string of the molecule is C/C(=N/NC(=O)Cn1nnc(-c2ccccc2)n1)c1cc2ccccc2o1. The number of carbonyl (C=O) groups excluding carboxylic acids is 1. The van der Waals surface area contributed by atoms with Crippen molar-refractivity contribution in [3.05, 3.63) is 66.4 Å². The lowest BCUT2D eigenvalue weighted by atomic mass is 10.2.